The molecule has 1 aromatic carbocycles. The molecule has 0 atom stereocenters. The third-order valence-electron chi connectivity index (χ3n) is 1.99. The second-order valence-electron chi connectivity index (χ2n) is 3.50. The average Bonchev–Trinajstić information content (AvgIpc) is 2.13. The molecular weight excluding hydrogens is 356 g/mol. The highest BCUT2D eigenvalue weighted by Gasteiger charge is 2.29. The minimum Gasteiger partial charge on any atom is -0.345 e. The molecule has 1 rings (SSSR count). The van der Waals surface area contributed by atoms with Gasteiger partial charge in [0.1, 0.15) is 16.3 Å². The Hall–Kier alpha value is -0.730. The molecule has 0 aromatic heterocycles. The molecule has 0 unspecified atom stereocenters. The largest absolute Gasteiger partial charge is 0.345 e. The predicted molar refractivity (Wildman–Crippen MR) is 65.1 cm³/mol. The average molecular weight is 363 g/mol. The Bertz CT molecular complexity index is 619. The monoisotopic (exact) mass is 361 g/mol. The number of carbonyl (C=O) groups excluding carboxylic acids is 1. The van der Waals surface area contributed by atoms with Crippen LogP contribution in [0.5, 0.6) is 0 Å². The highest BCUT2D eigenvalue weighted by atomic mass is 79.9. The summed E-state index contributed by atoms with van der Waals surface area (Å²) in [5, 5.41) is 0. The van der Waals surface area contributed by atoms with E-state index in [4.69, 9.17) is 10.7 Å². The van der Waals surface area contributed by atoms with Crippen LogP contribution < -0.4 is 0 Å². The number of benzene rings is 1. The number of halogens is 4. The predicted octanol–water partition coefficient (Wildman–Crippen LogP) is 2.36. The van der Waals surface area contributed by atoms with Gasteiger partial charge >= 0.3 is 0 Å². The van der Waals surface area contributed by atoms with Gasteiger partial charge in [-0.25, -0.2) is 17.2 Å². The van der Waals surface area contributed by atoms with Crippen molar-refractivity contribution >= 4 is 41.6 Å². The van der Waals surface area contributed by atoms with Gasteiger partial charge in [-0.2, -0.15) is 0 Å². The van der Waals surface area contributed by atoms with Gasteiger partial charge < -0.3 is 4.90 Å². The summed E-state index contributed by atoms with van der Waals surface area (Å²) in [6.07, 6.45) is 0. The Morgan fingerprint density at radius 3 is 2.28 bits per heavy atom. The van der Waals surface area contributed by atoms with Crippen molar-refractivity contribution in [3.8, 4) is 0 Å². The molecular formula is C9H7BrClF2NO3S. The van der Waals surface area contributed by atoms with E-state index in [2.05, 4.69) is 15.9 Å². The van der Waals surface area contributed by atoms with Crippen LogP contribution in [0.2, 0.25) is 0 Å². The molecule has 4 nitrogen and oxygen atoms in total. The Balaban J connectivity index is 3.72. The number of rotatable bonds is 2. The molecule has 0 N–H and O–H groups in total. The lowest BCUT2D eigenvalue weighted by atomic mass is 10.2. The van der Waals surface area contributed by atoms with Crippen LogP contribution in [0.4, 0.5) is 8.78 Å². The van der Waals surface area contributed by atoms with E-state index in [1.165, 1.54) is 14.1 Å². The van der Waals surface area contributed by atoms with Gasteiger partial charge in [-0.1, -0.05) is 0 Å². The van der Waals surface area contributed by atoms with E-state index in [9.17, 15) is 22.0 Å². The highest BCUT2D eigenvalue weighted by Crippen LogP contribution is 2.32. The van der Waals surface area contributed by atoms with Crippen LogP contribution in [0, 0.1) is 11.6 Å². The van der Waals surface area contributed by atoms with Gasteiger partial charge in [0.05, 0.1) is 0 Å². The van der Waals surface area contributed by atoms with Crippen molar-refractivity contribution in [2.75, 3.05) is 14.1 Å². The first kappa shape index (κ1) is 15.3. The fourth-order valence-corrected chi connectivity index (χ4v) is 3.57. The lowest BCUT2D eigenvalue weighted by Crippen LogP contribution is -2.25. The van der Waals surface area contributed by atoms with Crippen molar-refractivity contribution in [3.05, 3.63) is 27.7 Å². The quantitative estimate of drug-likeness (QED) is 0.759. The Morgan fingerprint density at radius 2 is 1.89 bits per heavy atom. The third kappa shape index (κ3) is 2.81. The summed E-state index contributed by atoms with van der Waals surface area (Å²) in [5.41, 5.74) is -0.970. The first-order valence-corrected chi connectivity index (χ1v) is 7.51. The van der Waals surface area contributed by atoms with Crippen molar-refractivity contribution in [2.45, 2.75) is 4.90 Å². The third-order valence-corrected chi connectivity index (χ3v) is 4.23. The maximum atomic E-state index is 13.9. The Kier molecular flexibility index (Phi) is 4.34. The highest BCUT2D eigenvalue weighted by molar-refractivity contribution is 9.10. The van der Waals surface area contributed by atoms with E-state index in [0.717, 1.165) is 4.90 Å². The van der Waals surface area contributed by atoms with E-state index < -0.39 is 37.1 Å². The van der Waals surface area contributed by atoms with Gasteiger partial charge in [0.2, 0.25) is 0 Å². The number of carbonyl (C=O) groups is 1. The van der Waals surface area contributed by atoms with Gasteiger partial charge in [-0.3, -0.25) is 4.79 Å². The number of hydrogen-bond acceptors (Lipinski definition) is 3. The van der Waals surface area contributed by atoms with Crippen LogP contribution in [0.25, 0.3) is 0 Å². The molecule has 0 spiro atoms. The van der Waals surface area contributed by atoms with Crippen LogP contribution >= 0.6 is 26.6 Å². The number of hydrogen-bond donors (Lipinski definition) is 0. The second kappa shape index (κ2) is 5.10. The first-order chi connectivity index (χ1) is 8.07. The van der Waals surface area contributed by atoms with Gasteiger partial charge in [0, 0.05) is 29.3 Å². The molecule has 0 saturated carbocycles. The normalized spacial score (nSPS) is 11.4. The molecule has 1 amide bonds. The first-order valence-electron chi connectivity index (χ1n) is 4.41. The molecule has 0 aliphatic heterocycles. The summed E-state index contributed by atoms with van der Waals surface area (Å²) in [4.78, 5) is 11.5. The van der Waals surface area contributed by atoms with E-state index in [-0.39, 0.29) is 4.47 Å². The van der Waals surface area contributed by atoms with Crippen molar-refractivity contribution < 1.29 is 22.0 Å². The zero-order valence-corrected chi connectivity index (χ0v) is 12.3. The Labute approximate surface area is 115 Å². The van der Waals surface area contributed by atoms with Crippen LogP contribution in [0.15, 0.2) is 15.4 Å². The molecule has 0 aliphatic rings. The minimum atomic E-state index is -4.45. The zero-order chi connectivity index (χ0) is 14.2. The van der Waals surface area contributed by atoms with Crippen LogP contribution in [0.3, 0.4) is 0 Å². The van der Waals surface area contributed by atoms with Crippen molar-refractivity contribution in [1.29, 1.82) is 0 Å². The number of nitrogens with zero attached hydrogens (tertiary/aromatic N) is 1. The molecule has 100 valence electrons. The fraction of sp³-hybridized carbons (Fsp3) is 0.222. The van der Waals surface area contributed by atoms with Crippen LogP contribution in [0.1, 0.15) is 10.4 Å². The van der Waals surface area contributed by atoms with E-state index in [0.29, 0.717) is 6.07 Å². The molecule has 0 bridgehead atoms. The SMILES string of the molecule is CN(C)C(=O)c1c(F)cc(Br)c(S(=O)(=O)Cl)c1F. The maximum Gasteiger partial charge on any atom is 0.265 e. The number of amides is 1. The van der Waals surface area contributed by atoms with Gasteiger partial charge in [-0.05, 0) is 22.0 Å². The van der Waals surface area contributed by atoms with Crippen molar-refractivity contribution in [1.82, 2.24) is 4.90 Å². The molecule has 18 heavy (non-hydrogen) atoms. The van der Waals surface area contributed by atoms with Crippen molar-refractivity contribution in [3.63, 3.8) is 0 Å². The zero-order valence-electron chi connectivity index (χ0n) is 9.17. The standard InChI is InChI=1S/C9H7BrClF2NO3S/c1-14(2)9(15)6-5(12)3-4(10)8(7(6)13)18(11,16)17/h3H,1-2H3. The van der Waals surface area contributed by atoms with E-state index >= 15 is 0 Å². The van der Waals surface area contributed by atoms with Crippen molar-refractivity contribution in [2.24, 2.45) is 0 Å². The molecule has 0 saturated heterocycles. The fourth-order valence-electron chi connectivity index (χ4n) is 1.22. The lowest BCUT2D eigenvalue weighted by molar-refractivity contribution is 0.0817. The molecule has 1 aromatic rings. The molecule has 9 heteroatoms. The summed E-state index contributed by atoms with van der Waals surface area (Å²) in [6, 6.07) is 0.676. The topological polar surface area (TPSA) is 54.5 Å². The summed E-state index contributed by atoms with van der Waals surface area (Å²) in [7, 11) is 3.13. The molecule has 0 heterocycles. The van der Waals surface area contributed by atoms with Gasteiger partial charge in [-0.15, -0.1) is 0 Å². The van der Waals surface area contributed by atoms with E-state index in [1.54, 1.807) is 0 Å². The molecule has 0 fully saturated rings. The Morgan fingerprint density at radius 1 is 1.39 bits per heavy atom. The summed E-state index contributed by atoms with van der Waals surface area (Å²) >= 11 is 2.69. The minimum absolute atomic E-state index is 0.386. The molecule has 0 aliphatic carbocycles. The lowest BCUT2D eigenvalue weighted by Gasteiger charge is -2.13. The van der Waals surface area contributed by atoms with Gasteiger partial charge in [0.25, 0.3) is 15.0 Å². The summed E-state index contributed by atoms with van der Waals surface area (Å²) in [6.45, 7) is 0. The van der Waals surface area contributed by atoms with E-state index in [1.807, 2.05) is 0 Å². The maximum absolute atomic E-state index is 13.9. The summed E-state index contributed by atoms with van der Waals surface area (Å²) < 4.78 is 49.4. The van der Waals surface area contributed by atoms with Gasteiger partial charge in [0.15, 0.2) is 5.82 Å². The smallest absolute Gasteiger partial charge is 0.265 e. The second-order valence-corrected chi connectivity index (χ2v) is 6.85. The van der Waals surface area contributed by atoms with Crippen LogP contribution in [-0.4, -0.2) is 33.3 Å². The summed E-state index contributed by atoms with van der Waals surface area (Å²) in [5.74, 6) is -3.70. The molecule has 0 radical (unpaired) electrons. The van der Waals surface area contributed by atoms with Crippen LogP contribution in [-0.2, 0) is 9.05 Å².